The highest BCUT2D eigenvalue weighted by atomic mass is 16.6. The Labute approximate surface area is 218 Å². The zero-order valence-corrected chi connectivity index (χ0v) is 24.3. The normalized spacial score (nSPS) is 12.5. The predicted molar refractivity (Wildman–Crippen MR) is 149 cm³/mol. The van der Waals surface area contributed by atoms with E-state index in [1.807, 2.05) is 0 Å². The van der Waals surface area contributed by atoms with Gasteiger partial charge in [0.1, 0.15) is 6.10 Å². The van der Waals surface area contributed by atoms with Crippen LogP contribution in [0, 0.1) is 5.41 Å². The Balaban J connectivity index is 3.72. The van der Waals surface area contributed by atoms with Gasteiger partial charge in [-0.3, -0.25) is 9.59 Å². The molecule has 0 aromatic carbocycles. The van der Waals surface area contributed by atoms with E-state index in [1.54, 1.807) is 13.8 Å². The summed E-state index contributed by atoms with van der Waals surface area (Å²) in [5, 5.41) is 0. The molecule has 0 saturated heterocycles. The van der Waals surface area contributed by atoms with Gasteiger partial charge in [0.05, 0.1) is 6.61 Å². The average molecular weight is 497 g/mol. The Kier molecular flexibility index (Phi) is 22.6. The smallest absolute Gasteiger partial charge is 0.323 e. The van der Waals surface area contributed by atoms with Crippen molar-refractivity contribution in [3.63, 3.8) is 0 Å². The van der Waals surface area contributed by atoms with Gasteiger partial charge < -0.3 is 9.47 Å². The van der Waals surface area contributed by atoms with Crippen LogP contribution in [0.3, 0.4) is 0 Å². The van der Waals surface area contributed by atoms with Gasteiger partial charge in [-0.25, -0.2) is 0 Å². The van der Waals surface area contributed by atoms with Crippen molar-refractivity contribution in [2.24, 2.45) is 5.41 Å². The first-order chi connectivity index (χ1) is 16.9. The number of ether oxygens (including phenoxy) is 2. The predicted octanol–water partition coefficient (Wildman–Crippen LogP) is 9.72. The number of hydrogen-bond acceptors (Lipinski definition) is 4. The molecule has 208 valence electrons. The van der Waals surface area contributed by atoms with E-state index in [1.165, 1.54) is 89.9 Å². The first kappa shape index (κ1) is 33.9. The van der Waals surface area contributed by atoms with Crippen molar-refractivity contribution in [3.05, 3.63) is 0 Å². The van der Waals surface area contributed by atoms with Crippen LogP contribution in [0.4, 0.5) is 0 Å². The zero-order valence-electron chi connectivity index (χ0n) is 24.3. The third-order valence-electron chi connectivity index (χ3n) is 7.02. The second-order valence-electron chi connectivity index (χ2n) is 11.0. The molecule has 0 heterocycles. The second kappa shape index (κ2) is 23.3. The summed E-state index contributed by atoms with van der Waals surface area (Å²) in [6.45, 7) is 10.1. The minimum atomic E-state index is -1.24. The summed E-state index contributed by atoms with van der Waals surface area (Å²) < 4.78 is 11.1. The molecule has 0 spiro atoms. The molecule has 0 aromatic rings. The molecule has 0 N–H and O–H groups in total. The van der Waals surface area contributed by atoms with Gasteiger partial charge in [-0.2, -0.15) is 0 Å². The van der Waals surface area contributed by atoms with Gasteiger partial charge in [-0.15, -0.1) is 0 Å². The molecule has 0 aliphatic carbocycles. The van der Waals surface area contributed by atoms with Crippen molar-refractivity contribution in [2.75, 3.05) is 6.61 Å². The molecule has 1 atom stereocenters. The quantitative estimate of drug-likeness (QED) is 0.0717. The van der Waals surface area contributed by atoms with Crippen LogP contribution in [-0.2, 0) is 19.1 Å². The van der Waals surface area contributed by atoms with E-state index in [9.17, 15) is 9.59 Å². The van der Waals surface area contributed by atoms with Crippen molar-refractivity contribution in [1.29, 1.82) is 0 Å². The molecule has 0 rings (SSSR count). The maximum Gasteiger partial charge on any atom is 0.323 e. The molecule has 0 saturated carbocycles. The molecular formula is C31H60O4. The lowest BCUT2D eigenvalue weighted by Gasteiger charge is -2.25. The van der Waals surface area contributed by atoms with Crippen LogP contribution in [0.1, 0.15) is 169 Å². The first-order valence-corrected chi connectivity index (χ1v) is 15.3. The lowest BCUT2D eigenvalue weighted by Crippen LogP contribution is -2.38. The van der Waals surface area contributed by atoms with Crippen molar-refractivity contribution in [3.8, 4) is 0 Å². The van der Waals surface area contributed by atoms with Crippen molar-refractivity contribution in [2.45, 2.75) is 176 Å². The largest absolute Gasteiger partial charge is 0.465 e. The number of carbonyl (C=O) groups is 2. The van der Waals surface area contributed by atoms with Gasteiger partial charge in [0, 0.05) is 0 Å². The Hall–Kier alpha value is -1.06. The summed E-state index contributed by atoms with van der Waals surface area (Å²) in [5.74, 6) is -0.918. The topological polar surface area (TPSA) is 52.6 Å². The summed E-state index contributed by atoms with van der Waals surface area (Å²) in [6.07, 6.45) is 25.7. The highest BCUT2D eigenvalue weighted by Gasteiger charge is 2.40. The zero-order chi connectivity index (χ0) is 26.2. The standard InChI is InChI=1S/C31H60O4/c1-6-9-11-12-13-14-15-16-17-18-19-20-21-22-23-24-27-34-29(32)31(4,5)30(33)35-28(25-8-3)26-10-7-2/h28H,6-27H2,1-5H3. The number of rotatable bonds is 25. The highest BCUT2D eigenvalue weighted by molar-refractivity contribution is 5.99. The van der Waals surface area contributed by atoms with Gasteiger partial charge in [-0.05, 0) is 33.1 Å². The van der Waals surface area contributed by atoms with Gasteiger partial charge in [0.25, 0.3) is 0 Å². The molecular weight excluding hydrogens is 436 g/mol. The summed E-state index contributed by atoms with van der Waals surface area (Å²) in [6, 6.07) is 0. The van der Waals surface area contributed by atoms with E-state index in [2.05, 4.69) is 20.8 Å². The lowest BCUT2D eigenvalue weighted by molar-refractivity contribution is -0.173. The fraction of sp³-hybridized carbons (Fsp3) is 0.935. The number of unbranched alkanes of at least 4 members (excludes halogenated alkanes) is 16. The van der Waals surface area contributed by atoms with Crippen LogP contribution in [-0.4, -0.2) is 24.6 Å². The van der Waals surface area contributed by atoms with Gasteiger partial charge >= 0.3 is 11.9 Å². The van der Waals surface area contributed by atoms with E-state index in [4.69, 9.17) is 9.47 Å². The van der Waals surface area contributed by atoms with E-state index in [0.29, 0.717) is 6.61 Å². The monoisotopic (exact) mass is 496 g/mol. The van der Waals surface area contributed by atoms with Crippen molar-refractivity contribution >= 4 is 11.9 Å². The van der Waals surface area contributed by atoms with Crippen molar-refractivity contribution < 1.29 is 19.1 Å². The maximum atomic E-state index is 12.6. The summed E-state index contributed by atoms with van der Waals surface area (Å²) in [4.78, 5) is 25.1. The van der Waals surface area contributed by atoms with Crippen molar-refractivity contribution in [1.82, 2.24) is 0 Å². The van der Waals surface area contributed by atoms with E-state index in [0.717, 1.165) is 44.9 Å². The Morgan fingerprint density at radius 3 is 1.40 bits per heavy atom. The number of carbonyl (C=O) groups excluding carboxylic acids is 2. The van der Waals surface area contributed by atoms with Crippen LogP contribution >= 0.6 is 0 Å². The molecule has 0 bridgehead atoms. The number of esters is 2. The second-order valence-corrected chi connectivity index (χ2v) is 11.0. The summed E-state index contributed by atoms with van der Waals surface area (Å²) in [5.41, 5.74) is -1.24. The van der Waals surface area contributed by atoms with E-state index in [-0.39, 0.29) is 6.10 Å². The van der Waals surface area contributed by atoms with Crippen LogP contribution in [0.25, 0.3) is 0 Å². The van der Waals surface area contributed by atoms with Crippen LogP contribution in [0.15, 0.2) is 0 Å². The molecule has 35 heavy (non-hydrogen) atoms. The SMILES string of the molecule is CCCCCCCCCCCCCCCCCCOC(=O)C(C)(C)C(=O)OC(CCC)CCCC. The molecule has 0 amide bonds. The molecule has 1 unspecified atom stereocenters. The van der Waals surface area contributed by atoms with Gasteiger partial charge in [-0.1, -0.05) is 136 Å². The van der Waals surface area contributed by atoms with E-state index < -0.39 is 17.4 Å². The summed E-state index contributed by atoms with van der Waals surface area (Å²) in [7, 11) is 0. The lowest BCUT2D eigenvalue weighted by atomic mass is 9.93. The minimum absolute atomic E-state index is 0.0974. The fourth-order valence-corrected chi connectivity index (χ4v) is 4.39. The number of hydrogen-bond donors (Lipinski definition) is 0. The molecule has 4 nitrogen and oxygen atoms in total. The van der Waals surface area contributed by atoms with Crippen LogP contribution in [0.5, 0.6) is 0 Å². The van der Waals surface area contributed by atoms with Gasteiger partial charge in [0.2, 0.25) is 0 Å². The van der Waals surface area contributed by atoms with Crippen LogP contribution in [0.2, 0.25) is 0 Å². The Morgan fingerprint density at radius 2 is 0.971 bits per heavy atom. The average Bonchev–Trinajstić information content (AvgIpc) is 2.84. The molecule has 0 aliphatic heterocycles. The maximum absolute atomic E-state index is 12.6. The van der Waals surface area contributed by atoms with Crippen LogP contribution < -0.4 is 0 Å². The summed E-state index contributed by atoms with van der Waals surface area (Å²) >= 11 is 0. The Morgan fingerprint density at radius 1 is 0.543 bits per heavy atom. The fourth-order valence-electron chi connectivity index (χ4n) is 4.39. The molecule has 0 aliphatic rings. The third kappa shape index (κ3) is 18.8. The third-order valence-corrected chi connectivity index (χ3v) is 7.02. The highest BCUT2D eigenvalue weighted by Crippen LogP contribution is 2.23. The molecule has 0 fully saturated rings. The molecule has 0 radical (unpaired) electrons. The first-order valence-electron chi connectivity index (χ1n) is 15.3. The minimum Gasteiger partial charge on any atom is -0.465 e. The molecule has 0 aromatic heterocycles. The molecule has 4 heteroatoms. The van der Waals surface area contributed by atoms with E-state index >= 15 is 0 Å². The Bertz CT molecular complexity index is 500. The van der Waals surface area contributed by atoms with Gasteiger partial charge in [0.15, 0.2) is 5.41 Å².